The van der Waals surface area contributed by atoms with Crippen LogP contribution in [0.4, 0.5) is 4.39 Å². The van der Waals surface area contributed by atoms with E-state index in [1.807, 2.05) is 13.0 Å². The average Bonchev–Trinajstić information content (AvgIpc) is 2.76. The van der Waals surface area contributed by atoms with Crippen LogP contribution in [0.1, 0.15) is 23.9 Å². The molecule has 0 fully saturated rings. The van der Waals surface area contributed by atoms with E-state index in [1.54, 1.807) is 6.92 Å². The molecule has 1 aromatic carbocycles. The normalized spacial score (nSPS) is 13.4. The summed E-state index contributed by atoms with van der Waals surface area (Å²) in [7, 11) is 0. The summed E-state index contributed by atoms with van der Waals surface area (Å²) in [6, 6.07) is 6.82. The van der Waals surface area contributed by atoms with E-state index in [2.05, 4.69) is 10.4 Å². The van der Waals surface area contributed by atoms with E-state index in [0.29, 0.717) is 0 Å². The number of aromatic nitrogens is 2. The van der Waals surface area contributed by atoms with Gasteiger partial charge in [0, 0.05) is 5.69 Å². The number of amides is 1. The second-order valence-electron chi connectivity index (χ2n) is 5.57. The molecule has 23 heavy (non-hydrogen) atoms. The first-order valence-electron chi connectivity index (χ1n) is 7.04. The molecule has 2 aromatic rings. The minimum absolute atomic E-state index is 0.0935. The van der Waals surface area contributed by atoms with E-state index >= 15 is 0 Å². The van der Waals surface area contributed by atoms with Gasteiger partial charge in [-0.05, 0) is 44.5 Å². The Hall–Kier alpha value is -2.70. The first-order chi connectivity index (χ1) is 10.7. The van der Waals surface area contributed by atoms with Gasteiger partial charge in [-0.1, -0.05) is 12.1 Å². The van der Waals surface area contributed by atoms with Gasteiger partial charge in [0.05, 0.1) is 5.69 Å². The monoisotopic (exact) mass is 319 g/mol. The minimum Gasteiger partial charge on any atom is -0.479 e. The summed E-state index contributed by atoms with van der Waals surface area (Å²) in [6.45, 7) is 4.89. The Labute approximate surface area is 132 Å². The molecule has 1 unspecified atom stereocenters. The lowest BCUT2D eigenvalue weighted by atomic mass is 9.92. The van der Waals surface area contributed by atoms with E-state index in [1.165, 1.54) is 23.7 Å². The Bertz CT molecular complexity index is 740. The van der Waals surface area contributed by atoms with Gasteiger partial charge in [0.25, 0.3) is 0 Å². The zero-order valence-corrected chi connectivity index (χ0v) is 13.1. The second-order valence-corrected chi connectivity index (χ2v) is 5.57. The summed E-state index contributed by atoms with van der Waals surface area (Å²) in [4.78, 5) is 23.9. The molecular formula is C16H18FN3O3. The van der Waals surface area contributed by atoms with Gasteiger partial charge < -0.3 is 10.4 Å². The molecule has 2 rings (SSSR count). The number of aryl methyl sites for hydroxylation is 2. The molecular weight excluding hydrogens is 301 g/mol. The number of hydrogen-bond acceptors (Lipinski definition) is 3. The molecule has 0 aliphatic rings. The Morgan fingerprint density at radius 2 is 1.91 bits per heavy atom. The molecule has 1 aromatic heterocycles. The minimum atomic E-state index is -1.65. The highest BCUT2D eigenvalue weighted by Crippen LogP contribution is 2.21. The maximum Gasteiger partial charge on any atom is 0.333 e. The summed E-state index contributed by atoms with van der Waals surface area (Å²) in [5, 5.41) is 16.2. The van der Waals surface area contributed by atoms with Gasteiger partial charge >= 0.3 is 5.97 Å². The maximum absolute atomic E-state index is 13.0. The smallest absolute Gasteiger partial charge is 0.333 e. The van der Waals surface area contributed by atoms with Crippen molar-refractivity contribution in [2.24, 2.45) is 0 Å². The van der Waals surface area contributed by atoms with Gasteiger partial charge in [-0.2, -0.15) is 5.10 Å². The number of hydrogen-bond donors (Lipinski definition) is 2. The highest BCUT2D eigenvalue weighted by atomic mass is 19.1. The Morgan fingerprint density at radius 1 is 1.30 bits per heavy atom. The van der Waals surface area contributed by atoms with Crippen molar-refractivity contribution in [1.29, 1.82) is 0 Å². The van der Waals surface area contributed by atoms with Crippen LogP contribution in [0.3, 0.4) is 0 Å². The van der Waals surface area contributed by atoms with Crippen molar-refractivity contribution in [2.45, 2.75) is 32.9 Å². The van der Waals surface area contributed by atoms with E-state index in [-0.39, 0.29) is 12.1 Å². The number of aliphatic carboxylic acids is 1. The van der Waals surface area contributed by atoms with Crippen molar-refractivity contribution < 1.29 is 19.1 Å². The maximum atomic E-state index is 13.0. The molecule has 0 radical (unpaired) electrons. The fourth-order valence-electron chi connectivity index (χ4n) is 2.32. The predicted molar refractivity (Wildman–Crippen MR) is 81.2 cm³/mol. The predicted octanol–water partition coefficient (Wildman–Crippen LogP) is 1.76. The van der Waals surface area contributed by atoms with Crippen LogP contribution in [-0.4, -0.2) is 26.8 Å². The zero-order valence-electron chi connectivity index (χ0n) is 13.1. The molecule has 6 nitrogen and oxygen atoms in total. The van der Waals surface area contributed by atoms with Crippen molar-refractivity contribution in [1.82, 2.24) is 15.1 Å². The van der Waals surface area contributed by atoms with Gasteiger partial charge in [0.1, 0.15) is 12.4 Å². The van der Waals surface area contributed by atoms with Gasteiger partial charge in [-0.15, -0.1) is 0 Å². The Morgan fingerprint density at radius 3 is 2.39 bits per heavy atom. The van der Waals surface area contributed by atoms with Crippen LogP contribution in [0.5, 0.6) is 0 Å². The second kappa shape index (κ2) is 6.20. The van der Waals surface area contributed by atoms with E-state index in [9.17, 15) is 19.1 Å². The molecule has 0 bridgehead atoms. The number of carbonyl (C=O) groups excluding carboxylic acids is 1. The first-order valence-corrected chi connectivity index (χ1v) is 7.04. The zero-order chi connectivity index (χ0) is 17.2. The topological polar surface area (TPSA) is 84.2 Å². The molecule has 122 valence electrons. The third-order valence-electron chi connectivity index (χ3n) is 3.64. The van der Waals surface area contributed by atoms with Crippen LogP contribution in [-0.2, 0) is 21.7 Å². The summed E-state index contributed by atoms with van der Waals surface area (Å²) in [5.74, 6) is -2.20. The van der Waals surface area contributed by atoms with Crippen LogP contribution in [0.15, 0.2) is 30.3 Å². The SMILES string of the molecule is Cc1cc(C)n(CC(=O)NC(C)(C(=O)O)c2ccc(F)cc2)n1. The summed E-state index contributed by atoms with van der Waals surface area (Å²) in [6.07, 6.45) is 0. The van der Waals surface area contributed by atoms with E-state index in [0.717, 1.165) is 23.5 Å². The quantitative estimate of drug-likeness (QED) is 0.879. The van der Waals surface area contributed by atoms with E-state index in [4.69, 9.17) is 0 Å². The van der Waals surface area contributed by atoms with Crippen molar-refractivity contribution in [3.8, 4) is 0 Å². The average molecular weight is 319 g/mol. The lowest BCUT2D eigenvalue weighted by molar-refractivity contribution is -0.147. The lowest BCUT2D eigenvalue weighted by Gasteiger charge is -2.27. The molecule has 1 atom stereocenters. The number of benzene rings is 1. The van der Waals surface area contributed by atoms with Crippen molar-refractivity contribution >= 4 is 11.9 Å². The summed E-state index contributed by atoms with van der Waals surface area (Å²) >= 11 is 0. The van der Waals surface area contributed by atoms with Gasteiger partial charge in [-0.3, -0.25) is 9.48 Å². The molecule has 0 aliphatic heterocycles. The third-order valence-corrected chi connectivity index (χ3v) is 3.64. The number of halogens is 1. The molecule has 2 N–H and O–H groups in total. The molecule has 1 amide bonds. The van der Waals surface area contributed by atoms with Crippen LogP contribution < -0.4 is 5.32 Å². The van der Waals surface area contributed by atoms with E-state index < -0.39 is 23.2 Å². The molecule has 0 saturated carbocycles. The molecule has 1 heterocycles. The van der Waals surface area contributed by atoms with Crippen molar-refractivity contribution in [3.05, 3.63) is 53.1 Å². The number of carboxylic acids is 1. The summed E-state index contributed by atoms with van der Waals surface area (Å²) in [5.41, 5.74) is 0.209. The number of carboxylic acid groups (broad SMARTS) is 1. The molecule has 0 spiro atoms. The Balaban J connectivity index is 2.22. The highest BCUT2D eigenvalue weighted by Gasteiger charge is 2.37. The fraction of sp³-hybridized carbons (Fsp3) is 0.312. The lowest BCUT2D eigenvalue weighted by Crippen LogP contribution is -2.50. The molecule has 7 heteroatoms. The largest absolute Gasteiger partial charge is 0.479 e. The number of rotatable bonds is 5. The van der Waals surface area contributed by atoms with Crippen LogP contribution in [0.25, 0.3) is 0 Å². The Kier molecular flexibility index (Phi) is 4.49. The van der Waals surface area contributed by atoms with Crippen LogP contribution in [0, 0.1) is 19.7 Å². The fourth-order valence-corrected chi connectivity index (χ4v) is 2.32. The summed E-state index contributed by atoms with van der Waals surface area (Å²) < 4.78 is 14.5. The molecule has 0 aliphatic carbocycles. The number of nitrogens with one attached hydrogen (secondary N) is 1. The van der Waals surface area contributed by atoms with Gasteiger partial charge in [0.2, 0.25) is 5.91 Å². The highest BCUT2D eigenvalue weighted by molar-refractivity contribution is 5.87. The number of carbonyl (C=O) groups is 2. The molecule has 0 saturated heterocycles. The van der Waals surface area contributed by atoms with Crippen molar-refractivity contribution in [3.63, 3.8) is 0 Å². The van der Waals surface area contributed by atoms with Crippen LogP contribution >= 0.6 is 0 Å². The van der Waals surface area contributed by atoms with Crippen LogP contribution in [0.2, 0.25) is 0 Å². The van der Waals surface area contributed by atoms with Gasteiger partial charge in [-0.25, -0.2) is 9.18 Å². The standard InChI is InChI=1S/C16H18FN3O3/c1-10-8-11(2)20(19-10)9-14(21)18-16(3,15(22)23)12-4-6-13(17)7-5-12/h4-8H,9H2,1-3H3,(H,18,21)(H,22,23). The number of nitrogens with zero attached hydrogens (tertiary/aromatic N) is 2. The van der Waals surface area contributed by atoms with Gasteiger partial charge in [0.15, 0.2) is 5.54 Å². The third kappa shape index (κ3) is 3.56. The van der Waals surface area contributed by atoms with Crippen molar-refractivity contribution in [2.75, 3.05) is 0 Å². The first kappa shape index (κ1) is 16.7.